The van der Waals surface area contributed by atoms with E-state index >= 15 is 0 Å². The van der Waals surface area contributed by atoms with Crippen molar-refractivity contribution >= 4 is 11.0 Å². The third kappa shape index (κ3) is 5.03. The van der Waals surface area contributed by atoms with E-state index < -0.39 is 12.2 Å². The van der Waals surface area contributed by atoms with Crippen LogP contribution in [0.5, 0.6) is 17.4 Å². The van der Waals surface area contributed by atoms with E-state index in [4.69, 9.17) is 14.2 Å². The molecule has 0 bridgehead atoms. The number of benzene rings is 1. The van der Waals surface area contributed by atoms with Crippen LogP contribution in [0.3, 0.4) is 0 Å². The fraction of sp³-hybridized carbons (Fsp3) is 0.462. The average Bonchev–Trinajstić information content (AvgIpc) is 2.91. The van der Waals surface area contributed by atoms with Crippen LogP contribution in [0.4, 0.5) is 4.39 Å². The van der Waals surface area contributed by atoms with Crippen molar-refractivity contribution in [2.75, 3.05) is 40.0 Å². The van der Waals surface area contributed by atoms with E-state index in [0.29, 0.717) is 65.7 Å². The van der Waals surface area contributed by atoms with Crippen molar-refractivity contribution in [2.45, 2.75) is 31.5 Å². The Morgan fingerprint density at radius 1 is 1.11 bits per heavy atom. The predicted molar refractivity (Wildman–Crippen MR) is 127 cm³/mol. The van der Waals surface area contributed by atoms with Gasteiger partial charge in [-0.2, -0.15) is 0 Å². The lowest BCUT2D eigenvalue weighted by atomic mass is 9.86. The zero-order valence-electron chi connectivity index (χ0n) is 19.7. The Balaban J connectivity index is 1.18. The average molecular weight is 484 g/mol. The molecule has 9 heteroatoms. The number of piperidine rings is 1. The maximum Gasteiger partial charge on any atom is 0.213 e. The van der Waals surface area contributed by atoms with E-state index in [1.54, 1.807) is 30.3 Å². The highest BCUT2D eigenvalue weighted by Gasteiger charge is 2.31. The number of likely N-dealkylation sites (tertiary alicyclic amines) is 1. The van der Waals surface area contributed by atoms with Crippen molar-refractivity contribution in [3.8, 4) is 17.4 Å². The zero-order valence-corrected chi connectivity index (χ0v) is 19.7. The van der Waals surface area contributed by atoms with Crippen molar-refractivity contribution < 1.29 is 28.8 Å². The molecule has 35 heavy (non-hydrogen) atoms. The molecule has 0 amide bonds. The van der Waals surface area contributed by atoms with Gasteiger partial charge in [0.2, 0.25) is 5.88 Å². The minimum Gasteiger partial charge on any atom is -0.486 e. The molecule has 8 nitrogen and oxygen atoms in total. The molecular weight excluding hydrogens is 453 g/mol. The third-order valence-corrected chi connectivity index (χ3v) is 6.97. The van der Waals surface area contributed by atoms with E-state index in [9.17, 15) is 14.6 Å². The monoisotopic (exact) mass is 483 g/mol. The first-order valence-corrected chi connectivity index (χ1v) is 12.0. The van der Waals surface area contributed by atoms with Gasteiger partial charge in [-0.25, -0.2) is 9.37 Å². The Morgan fingerprint density at radius 3 is 2.66 bits per heavy atom. The molecule has 2 aromatic heterocycles. The molecule has 1 fully saturated rings. The first kappa shape index (κ1) is 23.7. The van der Waals surface area contributed by atoms with Crippen molar-refractivity contribution in [1.29, 1.82) is 0 Å². The van der Waals surface area contributed by atoms with Crippen LogP contribution in [0.15, 0.2) is 36.5 Å². The number of pyridine rings is 2. The van der Waals surface area contributed by atoms with Crippen LogP contribution in [-0.2, 0) is 6.42 Å². The van der Waals surface area contributed by atoms with E-state index in [-0.39, 0.29) is 11.7 Å². The Morgan fingerprint density at radius 2 is 1.89 bits per heavy atom. The number of fused-ring (bicyclic) bond motifs is 2. The number of aromatic nitrogens is 2. The molecule has 2 aliphatic rings. The van der Waals surface area contributed by atoms with Crippen LogP contribution >= 0.6 is 0 Å². The molecule has 5 rings (SSSR count). The summed E-state index contributed by atoms with van der Waals surface area (Å²) in [5.41, 5.74) is 2.31. The second-order valence-electron chi connectivity index (χ2n) is 9.07. The normalized spacial score (nSPS) is 18.4. The topological polar surface area (TPSA) is 97.2 Å². The summed E-state index contributed by atoms with van der Waals surface area (Å²) in [5, 5.41) is 21.7. The number of hydrogen-bond donors (Lipinski definition) is 2. The summed E-state index contributed by atoms with van der Waals surface area (Å²) in [6.07, 6.45) is 1.35. The van der Waals surface area contributed by atoms with Crippen molar-refractivity contribution in [3.05, 3.63) is 53.5 Å². The molecule has 3 aromatic rings. The van der Waals surface area contributed by atoms with Gasteiger partial charge in [-0.15, -0.1) is 0 Å². The third-order valence-electron chi connectivity index (χ3n) is 6.97. The zero-order chi connectivity index (χ0) is 24.4. The quantitative estimate of drug-likeness (QED) is 0.530. The van der Waals surface area contributed by atoms with Crippen LogP contribution in [-0.4, -0.2) is 71.1 Å². The van der Waals surface area contributed by atoms with Gasteiger partial charge in [0.1, 0.15) is 25.1 Å². The van der Waals surface area contributed by atoms with Gasteiger partial charge < -0.3 is 29.3 Å². The number of nitrogens with zero attached hydrogens (tertiary/aromatic N) is 3. The van der Waals surface area contributed by atoms with Gasteiger partial charge in [0.25, 0.3) is 0 Å². The molecule has 186 valence electrons. The Labute approximate surface area is 203 Å². The summed E-state index contributed by atoms with van der Waals surface area (Å²) in [4.78, 5) is 10.8. The molecule has 2 N–H and O–H groups in total. The van der Waals surface area contributed by atoms with Gasteiger partial charge in [0, 0.05) is 18.2 Å². The van der Waals surface area contributed by atoms with Crippen molar-refractivity contribution in [2.24, 2.45) is 5.92 Å². The minimum atomic E-state index is -0.999. The summed E-state index contributed by atoms with van der Waals surface area (Å²) in [7, 11) is 1.53. The van der Waals surface area contributed by atoms with Crippen LogP contribution < -0.4 is 14.2 Å². The number of ether oxygens (including phenoxy) is 3. The van der Waals surface area contributed by atoms with E-state index in [0.717, 1.165) is 25.9 Å². The second-order valence-corrected chi connectivity index (χ2v) is 9.07. The molecule has 0 spiro atoms. The van der Waals surface area contributed by atoms with E-state index in [1.165, 1.54) is 13.3 Å². The molecule has 4 heterocycles. The Kier molecular flexibility index (Phi) is 6.99. The predicted octanol–water partition coefficient (Wildman–Crippen LogP) is 2.90. The Bertz CT molecular complexity index is 1190. The molecule has 1 aromatic carbocycles. The highest BCUT2D eigenvalue weighted by molar-refractivity contribution is 5.78. The molecule has 0 unspecified atom stereocenters. The fourth-order valence-corrected chi connectivity index (χ4v) is 4.92. The lowest BCUT2D eigenvalue weighted by Crippen LogP contribution is -2.40. The van der Waals surface area contributed by atoms with Gasteiger partial charge in [-0.1, -0.05) is 6.07 Å². The maximum absolute atomic E-state index is 14.6. The number of aliphatic hydroxyl groups excluding tert-OH is 2. The fourth-order valence-electron chi connectivity index (χ4n) is 4.92. The van der Waals surface area contributed by atoms with Crippen molar-refractivity contribution in [1.82, 2.24) is 14.9 Å². The number of halogens is 1. The lowest BCUT2D eigenvalue weighted by Gasteiger charge is -2.36. The number of hydrogen-bond acceptors (Lipinski definition) is 8. The van der Waals surface area contributed by atoms with Gasteiger partial charge in [0.05, 0.1) is 30.4 Å². The maximum atomic E-state index is 14.6. The summed E-state index contributed by atoms with van der Waals surface area (Å²) >= 11 is 0. The van der Waals surface area contributed by atoms with Crippen LogP contribution in [0.25, 0.3) is 11.0 Å². The number of aliphatic hydroxyl groups is 2. The van der Waals surface area contributed by atoms with Gasteiger partial charge in [-0.05, 0) is 62.0 Å². The first-order valence-electron chi connectivity index (χ1n) is 12.0. The first-order chi connectivity index (χ1) is 17.0. The van der Waals surface area contributed by atoms with E-state index in [1.807, 2.05) is 0 Å². The largest absolute Gasteiger partial charge is 0.486 e. The summed E-state index contributed by atoms with van der Waals surface area (Å²) < 4.78 is 30.9. The molecule has 0 saturated carbocycles. The van der Waals surface area contributed by atoms with Crippen LogP contribution in [0.1, 0.15) is 30.1 Å². The number of methoxy groups -OCH3 is 1. The summed E-state index contributed by atoms with van der Waals surface area (Å²) in [6.45, 7) is 3.16. The standard InChI is InChI=1S/C26H30FN3O5/c1-33-23-5-3-20-24(29-23)18(19(27)15-28-20)8-11-30-9-6-16(7-10-30)25(31)26(32)17-2-4-21-22(14-17)35-13-12-34-21/h2-5,14-16,25-26,31-32H,6-13H2,1H3/t25-,26+/m0/s1. The highest BCUT2D eigenvalue weighted by Crippen LogP contribution is 2.35. The lowest BCUT2D eigenvalue weighted by molar-refractivity contribution is -0.0361. The molecular formula is C26H30FN3O5. The minimum absolute atomic E-state index is 0.0288. The van der Waals surface area contributed by atoms with Gasteiger partial charge in [0.15, 0.2) is 11.5 Å². The number of rotatable bonds is 7. The van der Waals surface area contributed by atoms with Gasteiger partial charge >= 0.3 is 0 Å². The SMILES string of the molecule is COc1ccc2ncc(F)c(CCN3CCC([C@H](O)[C@H](O)c4ccc5c(c4)OCCO5)CC3)c2n1. The van der Waals surface area contributed by atoms with Crippen molar-refractivity contribution in [3.63, 3.8) is 0 Å². The van der Waals surface area contributed by atoms with Gasteiger partial charge in [-0.3, -0.25) is 4.98 Å². The molecule has 1 saturated heterocycles. The summed E-state index contributed by atoms with van der Waals surface area (Å²) in [5.74, 6) is 1.28. The van der Waals surface area contributed by atoms with E-state index in [2.05, 4.69) is 14.9 Å². The second kappa shape index (κ2) is 10.3. The molecule has 2 aliphatic heterocycles. The Hall–Kier alpha value is -3.01. The smallest absolute Gasteiger partial charge is 0.213 e. The molecule has 0 radical (unpaired) electrons. The highest BCUT2D eigenvalue weighted by atomic mass is 19.1. The van der Waals surface area contributed by atoms with Crippen LogP contribution in [0.2, 0.25) is 0 Å². The summed E-state index contributed by atoms with van der Waals surface area (Å²) in [6, 6.07) is 8.78. The molecule has 0 aliphatic carbocycles. The molecule has 2 atom stereocenters. The van der Waals surface area contributed by atoms with Crippen LogP contribution in [0, 0.1) is 11.7 Å².